The minimum Gasteiger partial charge on any atom is -0.481 e. The minimum atomic E-state index is -0.773. The topological polar surface area (TPSA) is 63.3 Å². The zero-order chi connectivity index (χ0) is 10.3. The average molecular weight is 183 g/mol. The van der Waals surface area contributed by atoms with Crippen LogP contribution in [0.3, 0.4) is 0 Å². The van der Waals surface area contributed by atoms with Gasteiger partial charge in [0.2, 0.25) is 0 Å². The third-order valence-corrected chi connectivity index (χ3v) is 1.65. The zero-order valence-corrected chi connectivity index (χ0v) is 8.21. The number of hydrogen-bond donors (Lipinski definition) is 2. The second-order valence-corrected chi connectivity index (χ2v) is 2.64. The maximum absolute atomic E-state index is 10.3. The van der Waals surface area contributed by atoms with Crippen LogP contribution in [0.25, 0.3) is 0 Å². The van der Waals surface area contributed by atoms with Gasteiger partial charge in [0.25, 0.3) is 0 Å². The highest BCUT2D eigenvalue weighted by molar-refractivity contribution is 5.70. The molecule has 0 atom stereocenters. The quantitative estimate of drug-likeness (QED) is 0.688. The van der Waals surface area contributed by atoms with E-state index >= 15 is 0 Å². The highest BCUT2D eigenvalue weighted by Crippen LogP contribution is 2.17. The van der Waals surface area contributed by atoms with E-state index in [1.807, 2.05) is 13.8 Å². The molecule has 0 unspecified atom stereocenters. The second-order valence-electron chi connectivity index (χ2n) is 2.64. The van der Waals surface area contributed by atoms with Gasteiger partial charge in [-0.3, -0.25) is 4.79 Å². The van der Waals surface area contributed by atoms with E-state index in [2.05, 4.69) is 0 Å². The van der Waals surface area contributed by atoms with E-state index in [4.69, 9.17) is 10.8 Å². The van der Waals surface area contributed by atoms with Gasteiger partial charge in [-0.15, -0.1) is 0 Å². The summed E-state index contributed by atoms with van der Waals surface area (Å²) in [4.78, 5) is 10.3. The Hall–Kier alpha value is -1.25. The Kier molecular flexibility index (Phi) is 5.68. The molecule has 3 N–H and O–H groups in total. The van der Waals surface area contributed by atoms with Crippen molar-refractivity contribution in [1.82, 2.24) is 0 Å². The lowest BCUT2D eigenvalue weighted by atomic mass is 10.0. The van der Waals surface area contributed by atoms with Crippen molar-refractivity contribution < 1.29 is 9.90 Å². The summed E-state index contributed by atoms with van der Waals surface area (Å²) in [6.07, 6.45) is 5.30. The van der Waals surface area contributed by atoms with Crippen molar-refractivity contribution in [2.45, 2.75) is 33.1 Å². The smallest absolute Gasteiger partial charge is 0.307 e. The molecular formula is C10H17NO2. The van der Waals surface area contributed by atoms with E-state index in [1.54, 1.807) is 12.2 Å². The first-order valence-electron chi connectivity index (χ1n) is 4.54. The molecule has 0 aromatic heterocycles. The molecule has 0 fully saturated rings. The predicted octanol–water partition coefficient (Wildman–Crippen LogP) is 2.05. The molecule has 0 radical (unpaired) electrons. The summed E-state index contributed by atoms with van der Waals surface area (Å²) < 4.78 is 0. The van der Waals surface area contributed by atoms with Crippen LogP contribution in [0.5, 0.6) is 0 Å². The van der Waals surface area contributed by atoms with Crippen molar-refractivity contribution in [2.75, 3.05) is 0 Å². The van der Waals surface area contributed by atoms with Crippen LogP contribution < -0.4 is 5.73 Å². The molecule has 0 aliphatic heterocycles. The Morgan fingerprint density at radius 1 is 1.46 bits per heavy atom. The van der Waals surface area contributed by atoms with Crippen molar-refractivity contribution in [1.29, 1.82) is 0 Å². The van der Waals surface area contributed by atoms with Gasteiger partial charge >= 0.3 is 5.97 Å². The third-order valence-electron chi connectivity index (χ3n) is 1.65. The van der Waals surface area contributed by atoms with Crippen LogP contribution in [0.4, 0.5) is 0 Å². The number of rotatable bonds is 2. The molecular weight excluding hydrogens is 166 g/mol. The Labute approximate surface area is 78.9 Å². The number of nitrogens with two attached hydrogens (primary N) is 1. The largest absolute Gasteiger partial charge is 0.481 e. The molecule has 0 spiro atoms. The standard InChI is InChI=1S/C8H11NO2.C2H6/c9-7-3-1-6(2-4-7)5-8(10)11;1-2/h1,3H,2,4-5,9H2,(H,10,11);1-2H3. The van der Waals surface area contributed by atoms with Crippen molar-refractivity contribution in [3.8, 4) is 0 Å². The summed E-state index contributed by atoms with van der Waals surface area (Å²) in [7, 11) is 0. The lowest BCUT2D eigenvalue weighted by Gasteiger charge is -2.08. The number of carboxylic acids is 1. The molecule has 3 nitrogen and oxygen atoms in total. The molecule has 0 aromatic rings. The predicted molar refractivity (Wildman–Crippen MR) is 53.2 cm³/mol. The maximum atomic E-state index is 10.3. The fraction of sp³-hybridized carbons (Fsp3) is 0.500. The van der Waals surface area contributed by atoms with Crippen molar-refractivity contribution in [3.63, 3.8) is 0 Å². The van der Waals surface area contributed by atoms with Gasteiger partial charge in [0, 0.05) is 5.70 Å². The molecule has 1 aliphatic rings. The summed E-state index contributed by atoms with van der Waals surface area (Å²) >= 11 is 0. The first kappa shape index (κ1) is 11.8. The molecule has 0 amide bonds. The van der Waals surface area contributed by atoms with Crippen LogP contribution in [-0.4, -0.2) is 11.1 Å². The van der Waals surface area contributed by atoms with Crippen LogP contribution >= 0.6 is 0 Å². The van der Waals surface area contributed by atoms with Gasteiger partial charge in [-0.2, -0.15) is 0 Å². The van der Waals surface area contributed by atoms with Crippen LogP contribution in [0, 0.1) is 0 Å². The number of carbonyl (C=O) groups is 1. The minimum absolute atomic E-state index is 0.143. The molecule has 1 aliphatic carbocycles. The normalized spacial score (nSPS) is 14.9. The monoisotopic (exact) mass is 183 g/mol. The average Bonchev–Trinajstić information content (AvgIpc) is 2.12. The third kappa shape index (κ3) is 5.06. The Morgan fingerprint density at radius 2 is 2.08 bits per heavy atom. The Morgan fingerprint density at radius 3 is 2.46 bits per heavy atom. The molecule has 0 bridgehead atoms. The fourth-order valence-corrected chi connectivity index (χ4v) is 1.04. The number of hydrogen-bond acceptors (Lipinski definition) is 2. The molecule has 0 saturated heterocycles. The van der Waals surface area contributed by atoms with Crippen molar-refractivity contribution in [2.24, 2.45) is 5.73 Å². The van der Waals surface area contributed by atoms with E-state index in [9.17, 15) is 4.79 Å². The van der Waals surface area contributed by atoms with Crippen LogP contribution in [0.15, 0.2) is 23.4 Å². The molecule has 3 heteroatoms. The lowest BCUT2D eigenvalue weighted by molar-refractivity contribution is -0.136. The van der Waals surface area contributed by atoms with E-state index < -0.39 is 5.97 Å². The summed E-state index contributed by atoms with van der Waals surface area (Å²) in [5, 5.41) is 8.44. The maximum Gasteiger partial charge on any atom is 0.307 e. The van der Waals surface area contributed by atoms with Gasteiger partial charge < -0.3 is 10.8 Å². The summed E-state index contributed by atoms with van der Waals surface area (Å²) in [5.41, 5.74) is 7.28. The molecule has 0 heterocycles. The van der Waals surface area contributed by atoms with Crippen molar-refractivity contribution >= 4 is 5.97 Å². The lowest BCUT2D eigenvalue weighted by Crippen LogP contribution is -2.04. The van der Waals surface area contributed by atoms with Gasteiger partial charge in [-0.25, -0.2) is 0 Å². The summed E-state index contributed by atoms with van der Waals surface area (Å²) in [6, 6.07) is 0. The zero-order valence-electron chi connectivity index (χ0n) is 8.21. The second kappa shape index (κ2) is 6.29. The molecule has 0 aromatic carbocycles. The van der Waals surface area contributed by atoms with Gasteiger partial charge in [-0.1, -0.05) is 25.5 Å². The number of allylic oxidation sites excluding steroid dienone is 3. The Bertz CT molecular complexity index is 229. The molecule has 1 rings (SSSR count). The number of aliphatic carboxylic acids is 1. The van der Waals surface area contributed by atoms with E-state index in [0.717, 1.165) is 24.1 Å². The Balaban J connectivity index is 0.000000671. The highest BCUT2D eigenvalue weighted by atomic mass is 16.4. The first-order chi connectivity index (χ1) is 6.18. The van der Waals surface area contributed by atoms with Gasteiger partial charge in [0.15, 0.2) is 0 Å². The summed E-state index contributed by atoms with van der Waals surface area (Å²) in [6.45, 7) is 4.00. The summed E-state index contributed by atoms with van der Waals surface area (Å²) in [5.74, 6) is -0.773. The number of carboxylic acid groups (broad SMARTS) is 1. The molecule has 13 heavy (non-hydrogen) atoms. The van der Waals surface area contributed by atoms with E-state index in [0.29, 0.717) is 0 Å². The van der Waals surface area contributed by atoms with Crippen LogP contribution in [-0.2, 0) is 4.79 Å². The van der Waals surface area contributed by atoms with Crippen molar-refractivity contribution in [3.05, 3.63) is 23.4 Å². The van der Waals surface area contributed by atoms with Gasteiger partial charge in [0.1, 0.15) is 0 Å². The van der Waals surface area contributed by atoms with Crippen LogP contribution in [0.2, 0.25) is 0 Å². The first-order valence-corrected chi connectivity index (χ1v) is 4.54. The fourth-order valence-electron chi connectivity index (χ4n) is 1.04. The van der Waals surface area contributed by atoms with E-state index in [-0.39, 0.29) is 6.42 Å². The van der Waals surface area contributed by atoms with E-state index in [1.165, 1.54) is 0 Å². The molecule has 74 valence electrons. The highest BCUT2D eigenvalue weighted by Gasteiger charge is 2.06. The van der Waals surface area contributed by atoms with Gasteiger partial charge in [0.05, 0.1) is 6.42 Å². The van der Waals surface area contributed by atoms with Gasteiger partial charge in [-0.05, 0) is 18.9 Å². The molecule has 0 saturated carbocycles. The SMILES string of the molecule is CC.NC1=CC=C(CC(=O)O)CC1. The van der Waals surface area contributed by atoms with Crippen LogP contribution in [0.1, 0.15) is 33.1 Å².